The van der Waals surface area contributed by atoms with Crippen molar-refractivity contribution in [3.63, 3.8) is 0 Å². The summed E-state index contributed by atoms with van der Waals surface area (Å²) in [7, 11) is 0. The highest BCUT2D eigenvalue weighted by atomic mass is 15.2. The molecule has 1 heterocycles. The van der Waals surface area contributed by atoms with Gasteiger partial charge in [0.1, 0.15) is 5.82 Å². The van der Waals surface area contributed by atoms with Crippen LogP contribution in [0, 0.1) is 5.92 Å². The predicted octanol–water partition coefficient (Wildman–Crippen LogP) is 2.38. The first-order chi connectivity index (χ1) is 7.58. The lowest BCUT2D eigenvalue weighted by Gasteiger charge is -2.17. The Morgan fingerprint density at radius 2 is 1.94 bits per heavy atom. The number of nitrogens with zero attached hydrogens (tertiary/aromatic N) is 2. The van der Waals surface area contributed by atoms with Gasteiger partial charge in [-0.2, -0.15) is 5.10 Å². The fraction of sp³-hybridized carbons (Fsp3) is 0.833. The van der Waals surface area contributed by atoms with Crippen LogP contribution in [0.3, 0.4) is 0 Å². The fourth-order valence-electron chi connectivity index (χ4n) is 1.95. The molecule has 2 unspecified atom stereocenters. The molecule has 0 saturated heterocycles. The molecule has 0 amide bonds. The van der Waals surface area contributed by atoms with Crippen molar-refractivity contribution in [3.8, 4) is 0 Å². The van der Waals surface area contributed by atoms with Gasteiger partial charge in [-0.25, -0.2) is 4.98 Å². The first-order valence-electron chi connectivity index (χ1n) is 6.26. The monoisotopic (exact) mass is 222 g/mol. The Kier molecular flexibility index (Phi) is 3.28. The smallest absolute Gasteiger partial charge is 0.153 e. The van der Waals surface area contributed by atoms with E-state index in [0.29, 0.717) is 12.0 Å². The molecule has 0 bridgehead atoms. The van der Waals surface area contributed by atoms with Crippen LogP contribution in [0.5, 0.6) is 0 Å². The van der Waals surface area contributed by atoms with Gasteiger partial charge >= 0.3 is 0 Å². The van der Waals surface area contributed by atoms with E-state index < -0.39 is 0 Å². The van der Waals surface area contributed by atoms with Crippen molar-refractivity contribution in [2.24, 2.45) is 5.92 Å². The largest absolute Gasteiger partial charge is 0.305 e. The Morgan fingerprint density at radius 1 is 1.25 bits per heavy atom. The lowest BCUT2D eigenvalue weighted by molar-refractivity contribution is 0.430. The van der Waals surface area contributed by atoms with Crippen molar-refractivity contribution in [1.82, 2.24) is 20.5 Å². The molecule has 2 N–H and O–H groups in total. The summed E-state index contributed by atoms with van der Waals surface area (Å²) in [6, 6.07) is 0.846. The third-order valence-corrected chi connectivity index (χ3v) is 3.29. The molecule has 0 spiro atoms. The number of aromatic nitrogens is 3. The molecule has 4 nitrogen and oxygen atoms in total. The van der Waals surface area contributed by atoms with Crippen LogP contribution in [0.1, 0.15) is 64.1 Å². The molecule has 4 heteroatoms. The maximum absolute atomic E-state index is 4.51. The maximum atomic E-state index is 4.51. The number of aromatic amines is 1. The highest BCUT2D eigenvalue weighted by Crippen LogP contribution is 2.33. The summed E-state index contributed by atoms with van der Waals surface area (Å²) >= 11 is 0. The second-order valence-electron chi connectivity index (χ2n) is 5.25. The molecule has 1 aliphatic carbocycles. The van der Waals surface area contributed by atoms with Crippen molar-refractivity contribution in [1.29, 1.82) is 0 Å². The molecular weight excluding hydrogens is 200 g/mol. The van der Waals surface area contributed by atoms with E-state index in [1.54, 1.807) is 0 Å². The van der Waals surface area contributed by atoms with E-state index in [1.165, 1.54) is 12.8 Å². The summed E-state index contributed by atoms with van der Waals surface area (Å²) in [5.74, 6) is 3.12. The molecule has 1 aliphatic rings. The van der Waals surface area contributed by atoms with Crippen molar-refractivity contribution in [3.05, 3.63) is 11.6 Å². The average molecular weight is 222 g/mol. The topological polar surface area (TPSA) is 53.6 Å². The second-order valence-corrected chi connectivity index (χ2v) is 5.25. The minimum Gasteiger partial charge on any atom is -0.305 e. The van der Waals surface area contributed by atoms with Crippen LogP contribution < -0.4 is 5.32 Å². The molecule has 1 fully saturated rings. The van der Waals surface area contributed by atoms with Gasteiger partial charge in [0.2, 0.25) is 0 Å². The molecule has 0 aromatic carbocycles. The van der Waals surface area contributed by atoms with Crippen molar-refractivity contribution < 1.29 is 0 Å². The predicted molar refractivity (Wildman–Crippen MR) is 64.2 cm³/mol. The lowest BCUT2D eigenvalue weighted by atomic mass is 10.2. The molecule has 1 aromatic heterocycles. The van der Waals surface area contributed by atoms with Crippen molar-refractivity contribution in [2.45, 2.75) is 58.5 Å². The number of hydrogen-bond donors (Lipinski definition) is 2. The molecular formula is C12H22N4. The van der Waals surface area contributed by atoms with Crippen molar-refractivity contribution in [2.75, 3.05) is 0 Å². The standard InChI is InChI=1S/C12H22N4/c1-7(2)11-14-12(16-15-11)9(4)13-8(3)10-5-6-10/h7-10,13H,5-6H2,1-4H3,(H,14,15,16). The Bertz CT molecular complexity index is 341. The van der Waals surface area contributed by atoms with Crippen LogP contribution in [0.15, 0.2) is 0 Å². The SMILES string of the molecule is CC(C)c1n[nH]c(C(C)NC(C)C2CC2)n1. The zero-order valence-corrected chi connectivity index (χ0v) is 10.6. The first-order valence-corrected chi connectivity index (χ1v) is 6.26. The summed E-state index contributed by atoms with van der Waals surface area (Å²) in [6.45, 7) is 8.62. The number of hydrogen-bond acceptors (Lipinski definition) is 3. The van der Waals surface area contributed by atoms with Crippen LogP contribution in [0.25, 0.3) is 0 Å². The number of rotatable bonds is 5. The second kappa shape index (κ2) is 4.53. The van der Waals surface area contributed by atoms with E-state index in [2.05, 4.69) is 48.2 Å². The molecule has 90 valence electrons. The normalized spacial score (nSPS) is 20.1. The van der Waals surface area contributed by atoms with Crippen LogP contribution >= 0.6 is 0 Å². The summed E-state index contributed by atoms with van der Waals surface area (Å²) in [5, 5.41) is 10.8. The van der Waals surface area contributed by atoms with E-state index in [1.807, 2.05) is 0 Å². The average Bonchev–Trinajstić information content (AvgIpc) is 2.95. The highest BCUT2D eigenvalue weighted by Gasteiger charge is 2.29. The van der Waals surface area contributed by atoms with Gasteiger partial charge in [-0.3, -0.25) is 5.10 Å². The van der Waals surface area contributed by atoms with E-state index in [0.717, 1.165) is 17.6 Å². The molecule has 0 radical (unpaired) electrons. The van der Waals surface area contributed by atoms with Crippen LogP contribution in [-0.4, -0.2) is 21.2 Å². The Balaban J connectivity index is 1.94. The van der Waals surface area contributed by atoms with E-state index in [9.17, 15) is 0 Å². The van der Waals surface area contributed by atoms with Gasteiger partial charge in [-0.05, 0) is 32.6 Å². The quantitative estimate of drug-likeness (QED) is 0.804. The number of nitrogens with one attached hydrogen (secondary N) is 2. The van der Waals surface area contributed by atoms with E-state index >= 15 is 0 Å². The van der Waals surface area contributed by atoms with Crippen LogP contribution in [-0.2, 0) is 0 Å². The lowest BCUT2D eigenvalue weighted by Crippen LogP contribution is -2.31. The van der Waals surface area contributed by atoms with Gasteiger partial charge in [0.15, 0.2) is 5.82 Å². The Labute approximate surface area is 97.2 Å². The minimum absolute atomic E-state index is 0.260. The van der Waals surface area contributed by atoms with Gasteiger partial charge in [-0.1, -0.05) is 13.8 Å². The Hall–Kier alpha value is -0.900. The first kappa shape index (κ1) is 11.6. The summed E-state index contributed by atoms with van der Waals surface area (Å²) in [6.07, 6.45) is 2.74. The maximum Gasteiger partial charge on any atom is 0.153 e. The molecule has 1 aromatic rings. The van der Waals surface area contributed by atoms with Gasteiger partial charge in [0, 0.05) is 12.0 Å². The zero-order valence-electron chi connectivity index (χ0n) is 10.6. The fourth-order valence-corrected chi connectivity index (χ4v) is 1.95. The van der Waals surface area contributed by atoms with E-state index in [4.69, 9.17) is 0 Å². The molecule has 16 heavy (non-hydrogen) atoms. The van der Waals surface area contributed by atoms with E-state index in [-0.39, 0.29) is 6.04 Å². The molecule has 2 atom stereocenters. The molecule has 1 saturated carbocycles. The molecule has 0 aliphatic heterocycles. The summed E-state index contributed by atoms with van der Waals surface area (Å²) in [4.78, 5) is 4.51. The zero-order chi connectivity index (χ0) is 11.7. The van der Waals surface area contributed by atoms with Gasteiger partial charge in [0.25, 0.3) is 0 Å². The van der Waals surface area contributed by atoms with Gasteiger partial charge in [-0.15, -0.1) is 0 Å². The number of H-pyrrole nitrogens is 1. The van der Waals surface area contributed by atoms with Gasteiger partial charge < -0.3 is 5.32 Å². The Morgan fingerprint density at radius 3 is 2.44 bits per heavy atom. The molecule has 2 rings (SSSR count). The third-order valence-electron chi connectivity index (χ3n) is 3.29. The summed E-state index contributed by atoms with van der Waals surface area (Å²) < 4.78 is 0. The van der Waals surface area contributed by atoms with Crippen molar-refractivity contribution >= 4 is 0 Å². The van der Waals surface area contributed by atoms with Gasteiger partial charge in [0.05, 0.1) is 6.04 Å². The third kappa shape index (κ3) is 2.61. The van der Waals surface area contributed by atoms with Crippen LogP contribution in [0.2, 0.25) is 0 Å². The minimum atomic E-state index is 0.260. The van der Waals surface area contributed by atoms with Crippen LogP contribution in [0.4, 0.5) is 0 Å². The summed E-state index contributed by atoms with van der Waals surface area (Å²) in [5.41, 5.74) is 0. The highest BCUT2D eigenvalue weighted by molar-refractivity contribution is 4.99.